The van der Waals surface area contributed by atoms with Gasteiger partial charge in [0.15, 0.2) is 5.78 Å². The minimum absolute atomic E-state index is 0.149. The Balaban J connectivity index is 1.75. The molecule has 1 unspecified atom stereocenters. The van der Waals surface area contributed by atoms with Crippen LogP contribution in [-0.2, 0) is 4.74 Å². The zero-order valence-electron chi connectivity index (χ0n) is 18.7. The van der Waals surface area contributed by atoms with E-state index in [0.717, 1.165) is 5.56 Å². The van der Waals surface area contributed by atoms with Crippen LogP contribution in [0.2, 0.25) is 0 Å². The number of carbonyl (C=O) groups is 2. The summed E-state index contributed by atoms with van der Waals surface area (Å²) < 4.78 is 5.31. The highest BCUT2D eigenvalue weighted by Crippen LogP contribution is 2.32. The van der Waals surface area contributed by atoms with Gasteiger partial charge in [0.25, 0.3) is 5.91 Å². The Hall–Kier alpha value is -4.30. The van der Waals surface area contributed by atoms with Gasteiger partial charge < -0.3 is 21.5 Å². The second-order valence-corrected chi connectivity index (χ2v) is 7.77. The number of nitrogens with one attached hydrogen (secondary N) is 1. The number of fused-ring (bicyclic) bond motifs is 1. The van der Waals surface area contributed by atoms with Crippen LogP contribution in [0.5, 0.6) is 0 Å². The maximum absolute atomic E-state index is 13.1. The fraction of sp³-hybridized carbons (Fsp3) is 0.154. The highest BCUT2D eigenvalue weighted by atomic mass is 16.5. The molecule has 0 radical (unpaired) electrons. The van der Waals surface area contributed by atoms with E-state index >= 15 is 0 Å². The summed E-state index contributed by atoms with van der Waals surface area (Å²) in [6.45, 7) is 0.448. The molecule has 0 bridgehead atoms. The first-order chi connectivity index (χ1) is 16.5. The number of hydrogen-bond acceptors (Lipinski definition) is 7. The predicted octanol–water partition coefficient (Wildman–Crippen LogP) is 3.73. The molecule has 1 aromatic heterocycles. The molecule has 0 saturated carbocycles. The summed E-state index contributed by atoms with van der Waals surface area (Å²) in [5.74, 6) is -0.194. The minimum atomic E-state index is -0.567. The fourth-order valence-electron chi connectivity index (χ4n) is 3.94. The summed E-state index contributed by atoms with van der Waals surface area (Å²) >= 11 is 0. The lowest BCUT2D eigenvalue weighted by Crippen LogP contribution is -2.18. The standard InChI is InChI=1S/C26H25N5O3/c1-34-14-13-21(31-26-20-12-6-11-19(25(28)33)23(20)29-15-30-26)17-9-5-10-18(22(17)27)24(32)16-7-3-2-4-8-16/h2-12,15,21H,13-14,27H2,1H3,(H2,28,33)(H,29,30,31). The van der Waals surface area contributed by atoms with Gasteiger partial charge in [-0.15, -0.1) is 0 Å². The molecular formula is C26H25N5O3. The van der Waals surface area contributed by atoms with Crippen molar-refractivity contribution >= 4 is 34.1 Å². The topological polar surface area (TPSA) is 133 Å². The summed E-state index contributed by atoms with van der Waals surface area (Å²) in [4.78, 5) is 33.6. The SMILES string of the molecule is COCCC(Nc1ncnc2c(C(N)=O)cccc12)c1cccc(C(=O)c2ccccc2)c1N. The van der Waals surface area contributed by atoms with Gasteiger partial charge in [-0.05, 0) is 30.2 Å². The van der Waals surface area contributed by atoms with E-state index in [4.69, 9.17) is 16.2 Å². The van der Waals surface area contributed by atoms with Crippen molar-refractivity contribution in [2.45, 2.75) is 12.5 Å². The summed E-state index contributed by atoms with van der Waals surface area (Å²) in [5.41, 5.74) is 14.9. The van der Waals surface area contributed by atoms with Crippen LogP contribution < -0.4 is 16.8 Å². The van der Waals surface area contributed by atoms with Crippen molar-refractivity contribution in [3.8, 4) is 0 Å². The van der Waals surface area contributed by atoms with E-state index in [1.165, 1.54) is 6.33 Å². The van der Waals surface area contributed by atoms with Crippen molar-refractivity contribution in [2.75, 3.05) is 24.8 Å². The average Bonchev–Trinajstić information content (AvgIpc) is 2.86. The van der Waals surface area contributed by atoms with E-state index in [-0.39, 0.29) is 11.8 Å². The number of amides is 1. The number of ketones is 1. The zero-order valence-corrected chi connectivity index (χ0v) is 18.7. The van der Waals surface area contributed by atoms with Gasteiger partial charge in [0, 0.05) is 35.9 Å². The lowest BCUT2D eigenvalue weighted by molar-refractivity contribution is 0.1000. The second kappa shape index (κ2) is 10.1. The van der Waals surface area contributed by atoms with Crippen LogP contribution in [0.3, 0.4) is 0 Å². The molecule has 0 aliphatic carbocycles. The third-order valence-electron chi connectivity index (χ3n) is 5.65. The maximum atomic E-state index is 13.1. The molecule has 0 fully saturated rings. The normalized spacial score (nSPS) is 11.8. The molecule has 5 N–H and O–H groups in total. The van der Waals surface area contributed by atoms with Crippen molar-refractivity contribution in [3.63, 3.8) is 0 Å². The first-order valence-corrected chi connectivity index (χ1v) is 10.8. The number of carbonyl (C=O) groups excluding carboxylic acids is 2. The molecule has 0 spiro atoms. The van der Waals surface area contributed by atoms with Gasteiger partial charge in [-0.1, -0.05) is 48.5 Å². The van der Waals surface area contributed by atoms with Gasteiger partial charge in [0.2, 0.25) is 0 Å². The van der Waals surface area contributed by atoms with E-state index in [0.29, 0.717) is 52.1 Å². The first kappa shape index (κ1) is 22.9. The maximum Gasteiger partial charge on any atom is 0.250 e. The van der Waals surface area contributed by atoms with E-state index in [1.807, 2.05) is 36.4 Å². The van der Waals surface area contributed by atoms with Gasteiger partial charge in [-0.3, -0.25) is 9.59 Å². The van der Waals surface area contributed by atoms with E-state index < -0.39 is 5.91 Å². The number of nitrogens with two attached hydrogens (primary N) is 2. The number of benzene rings is 3. The summed E-state index contributed by atoms with van der Waals surface area (Å²) in [7, 11) is 1.62. The van der Waals surface area contributed by atoms with Crippen molar-refractivity contribution < 1.29 is 14.3 Å². The molecular weight excluding hydrogens is 430 g/mol. The van der Waals surface area contributed by atoms with E-state index in [1.54, 1.807) is 37.4 Å². The molecule has 0 aliphatic heterocycles. The van der Waals surface area contributed by atoms with Crippen LogP contribution in [0.15, 0.2) is 73.1 Å². The molecule has 3 aromatic carbocycles. The molecule has 4 aromatic rings. The number of hydrogen-bond donors (Lipinski definition) is 3. The third kappa shape index (κ3) is 4.57. The summed E-state index contributed by atoms with van der Waals surface area (Å²) in [6.07, 6.45) is 1.94. The van der Waals surface area contributed by atoms with Crippen molar-refractivity contribution in [3.05, 3.63) is 95.3 Å². The molecule has 0 aliphatic rings. The van der Waals surface area contributed by atoms with Crippen LogP contribution in [0.1, 0.15) is 44.3 Å². The number of para-hydroxylation sites is 2. The molecule has 1 heterocycles. The Kier molecular flexibility index (Phi) is 6.79. The fourth-order valence-corrected chi connectivity index (χ4v) is 3.94. The highest BCUT2D eigenvalue weighted by molar-refractivity contribution is 6.12. The molecule has 8 nitrogen and oxygen atoms in total. The first-order valence-electron chi connectivity index (χ1n) is 10.8. The number of primary amides is 1. The molecule has 1 amide bonds. The number of anilines is 2. The quantitative estimate of drug-likeness (QED) is 0.259. The molecule has 172 valence electrons. The Bertz CT molecular complexity index is 1340. The Morgan fingerprint density at radius 1 is 0.971 bits per heavy atom. The zero-order chi connectivity index (χ0) is 24.1. The monoisotopic (exact) mass is 455 g/mol. The molecule has 4 rings (SSSR count). The highest BCUT2D eigenvalue weighted by Gasteiger charge is 2.21. The summed E-state index contributed by atoms with van der Waals surface area (Å²) in [6, 6.07) is 19.3. The third-order valence-corrected chi connectivity index (χ3v) is 5.65. The second-order valence-electron chi connectivity index (χ2n) is 7.77. The van der Waals surface area contributed by atoms with Gasteiger partial charge in [-0.25, -0.2) is 9.97 Å². The lowest BCUT2D eigenvalue weighted by atomic mass is 9.94. The lowest BCUT2D eigenvalue weighted by Gasteiger charge is -2.23. The molecule has 0 saturated heterocycles. The van der Waals surface area contributed by atoms with E-state index in [9.17, 15) is 9.59 Å². The van der Waals surface area contributed by atoms with Crippen molar-refractivity contribution in [1.29, 1.82) is 0 Å². The number of ether oxygens (including phenoxy) is 1. The van der Waals surface area contributed by atoms with E-state index in [2.05, 4.69) is 15.3 Å². The predicted molar refractivity (Wildman–Crippen MR) is 132 cm³/mol. The van der Waals surface area contributed by atoms with Gasteiger partial charge in [0.05, 0.1) is 17.1 Å². The van der Waals surface area contributed by atoms with Crippen LogP contribution >= 0.6 is 0 Å². The largest absolute Gasteiger partial charge is 0.398 e. The summed E-state index contributed by atoms with van der Waals surface area (Å²) in [5, 5.41) is 4.06. The molecule has 34 heavy (non-hydrogen) atoms. The number of methoxy groups -OCH3 is 1. The van der Waals surface area contributed by atoms with Gasteiger partial charge >= 0.3 is 0 Å². The average molecular weight is 456 g/mol. The van der Waals surface area contributed by atoms with Crippen LogP contribution in [-0.4, -0.2) is 35.4 Å². The van der Waals surface area contributed by atoms with Crippen LogP contribution in [0.4, 0.5) is 11.5 Å². The molecule has 1 atom stereocenters. The van der Waals surface area contributed by atoms with Crippen LogP contribution in [0, 0.1) is 0 Å². The molecule has 8 heteroatoms. The van der Waals surface area contributed by atoms with Crippen LogP contribution in [0.25, 0.3) is 10.9 Å². The minimum Gasteiger partial charge on any atom is -0.398 e. The number of rotatable bonds is 9. The number of aromatic nitrogens is 2. The Morgan fingerprint density at radius 2 is 1.71 bits per heavy atom. The van der Waals surface area contributed by atoms with Crippen molar-refractivity contribution in [1.82, 2.24) is 9.97 Å². The van der Waals surface area contributed by atoms with Crippen molar-refractivity contribution in [2.24, 2.45) is 5.73 Å². The number of nitrogens with zero attached hydrogens (tertiary/aromatic N) is 2. The Morgan fingerprint density at radius 3 is 2.44 bits per heavy atom. The van der Waals surface area contributed by atoms with Gasteiger partial charge in [-0.2, -0.15) is 0 Å². The Labute approximate surface area is 197 Å². The smallest absolute Gasteiger partial charge is 0.250 e. The number of nitrogen functional groups attached to an aromatic ring is 1. The van der Waals surface area contributed by atoms with Gasteiger partial charge in [0.1, 0.15) is 12.1 Å².